The molecule has 16 heavy (non-hydrogen) atoms. The van der Waals surface area contributed by atoms with Crippen molar-refractivity contribution in [1.82, 2.24) is 10.6 Å². The maximum absolute atomic E-state index is 11.1. The first-order chi connectivity index (χ1) is 7.66. The molecule has 0 bridgehead atoms. The van der Waals surface area contributed by atoms with Gasteiger partial charge < -0.3 is 15.4 Å². The molecule has 0 aromatic carbocycles. The molecule has 2 saturated heterocycles. The maximum atomic E-state index is 11.1. The Kier molecular flexibility index (Phi) is 3.74. The molecule has 2 N–H and O–H groups in total. The van der Waals surface area contributed by atoms with E-state index in [1.165, 1.54) is 0 Å². The van der Waals surface area contributed by atoms with E-state index in [1.807, 2.05) is 11.8 Å². The first-order valence-electron chi connectivity index (χ1n) is 5.85. The van der Waals surface area contributed by atoms with E-state index in [4.69, 9.17) is 0 Å². The van der Waals surface area contributed by atoms with Gasteiger partial charge in [0.1, 0.15) is 5.78 Å². The molecule has 1 unspecified atom stereocenters. The third-order valence-electron chi connectivity index (χ3n) is 3.21. The van der Waals surface area contributed by atoms with Crippen molar-refractivity contribution in [3.8, 4) is 0 Å². The molecule has 0 spiro atoms. The Morgan fingerprint density at radius 2 is 2.25 bits per heavy atom. The van der Waals surface area contributed by atoms with Gasteiger partial charge in [-0.15, -0.1) is 0 Å². The van der Waals surface area contributed by atoms with Gasteiger partial charge in [-0.3, -0.25) is 0 Å². The van der Waals surface area contributed by atoms with Gasteiger partial charge in [0.2, 0.25) is 0 Å². The Morgan fingerprint density at radius 3 is 3.00 bits per heavy atom. The summed E-state index contributed by atoms with van der Waals surface area (Å²) in [6.45, 7) is 1.64. The molecule has 0 saturated carbocycles. The minimum Gasteiger partial charge on any atom is -0.332 e. The molecule has 0 aliphatic carbocycles. The van der Waals surface area contributed by atoms with Gasteiger partial charge in [-0.2, -0.15) is 11.8 Å². The summed E-state index contributed by atoms with van der Waals surface area (Å²) in [6, 6.07) is 0.592. The van der Waals surface area contributed by atoms with Crippen LogP contribution in [0.15, 0.2) is 0 Å². The molecule has 5 heteroatoms. The molecule has 0 aromatic rings. The molecule has 2 amide bonds. The van der Waals surface area contributed by atoms with Gasteiger partial charge in [0.15, 0.2) is 0 Å². The van der Waals surface area contributed by atoms with Crippen molar-refractivity contribution in [3.63, 3.8) is 0 Å². The third-order valence-corrected chi connectivity index (χ3v) is 4.71. The zero-order valence-corrected chi connectivity index (χ0v) is 10.3. The van der Waals surface area contributed by atoms with E-state index in [1.54, 1.807) is 6.92 Å². The molecule has 2 aliphatic heterocycles. The van der Waals surface area contributed by atoms with Crippen LogP contribution in [0.25, 0.3) is 0 Å². The van der Waals surface area contributed by atoms with E-state index in [2.05, 4.69) is 10.6 Å². The summed E-state index contributed by atoms with van der Waals surface area (Å²) in [5.74, 6) is 1.29. The van der Waals surface area contributed by atoms with E-state index >= 15 is 0 Å². The Labute approximate surface area is 99.9 Å². The number of rotatable bonds is 5. The third kappa shape index (κ3) is 2.70. The number of ketones is 1. The lowest BCUT2D eigenvalue weighted by atomic mass is 10.0. The standard InChI is InChI=1S/C11H18N2O2S/c1-7(14)4-2-3-5-9-10-8(6-16-9)12-11(15)13-10/h8-10H,2-6H2,1H3,(H2,12,13,15)/t8?,9-,10-/m0/s1. The zero-order valence-electron chi connectivity index (χ0n) is 9.49. The zero-order chi connectivity index (χ0) is 11.5. The Morgan fingerprint density at radius 1 is 1.44 bits per heavy atom. The highest BCUT2D eigenvalue weighted by atomic mass is 32.2. The van der Waals surface area contributed by atoms with Gasteiger partial charge >= 0.3 is 6.03 Å². The van der Waals surface area contributed by atoms with Gasteiger partial charge in [0, 0.05) is 17.4 Å². The Hall–Kier alpha value is -0.710. The van der Waals surface area contributed by atoms with Crippen LogP contribution in [0.3, 0.4) is 0 Å². The average Bonchev–Trinajstić information content (AvgIpc) is 2.72. The fraction of sp³-hybridized carbons (Fsp3) is 0.818. The number of thioether (sulfide) groups is 1. The summed E-state index contributed by atoms with van der Waals surface area (Å²) in [6.07, 6.45) is 3.85. The normalized spacial score (nSPS) is 32.1. The van der Waals surface area contributed by atoms with E-state index in [0.717, 1.165) is 25.0 Å². The SMILES string of the molecule is CC(=O)CCCC[C@@H]1SCC2NC(=O)N[C@@H]21. The van der Waals surface area contributed by atoms with Crippen molar-refractivity contribution in [1.29, 1.82) is 0 Å². The Bertz CT molecular complexity index is 296. The topological polar surface area (TPSA) is 58.2 Å². The second-order valence-corrected chi connectivity index (χ2v) is 5.84. The lowest BCUT2D eigenvalue weighted by Crippen LogP contribution is -2.36. The minimum atomic E-state index is -0.0240. The summed E-state index contributed by atoms with van der Waals surface area (Å²) >= 11 is 1.93. The predicted molar refractivity (Wildman–Crippen MR) is 64.6 cm³/mol. The number of unbranched alkanes of at least 4 members (excludes halogenated alkanes) is 1. The number of amides is 2. The molecule has 0 radical (unpaired) electrons. The maximum Gasteiger partial charge on any atom is 0.315 e. The smallest absolute Gasteiger partial charge is 0.315 e. The molecular formula is C11H18N2O2S. The number of urea groups is 1. The van der Waals surface area contributed by atoms with Crippen LogP contribution in [0.5, 0.6) is 0 Å². The Balaban J connectivity index is 1.70. The van der Waals surface area contributed by atoms with Crippen LogP contribution >= 0.6 is 11.8 Å². The van der Waals surface area contributed by atoms with Crippen LogP contribution in [0.1, 0.15) is 32.6 Å². The van der Waals surface area contributed by atoms with Gasteiger partial charge in [-0.25, -0.2) is 4.79 Å². The van der Waals surface area contributed by atoms with Crippen LogP contribution in [-0.4, -0.2) is 34.9 Å². The number of nitrogens with one attached hydrogen (secondary N) is 2. The highest BCUT2D eigenvalue weighted by Gasteiger charge is 2.42. The summed E-state index contributed by atoms with van der Waals surface area (Å²) in [4.78, 5) is 21.9. The second-order valence-electron chi connectivity index (χ2n) is 4.57. The molecule has 2 aliphatic rings. The molecule has 2 rings (SSSR count). The van der Waals surface area contributed by atoms with E-state index < -0.39 is 0 Å². The number of carbonyl (C=O) groups excluding carboxylic acids is 2. The van der Waals surface area contributed by atoms with Crippen molar-refractivity contribution in [2.75, 3.05) is 5.75 Å². The quantitative estimate of drug-likeness (QED) is 0.564. The van der Waals surface area contributed by atoms with Crippen molar-refractivity contribution in [3.05, 3.63) is 0 Å². The number of Topliss-reactive ketones (excluding diaryl/α,β-unsaturated/α-hetero) is 1. The molecular weight excluding hydrogens is 224 g/mol. The summed E-state index contributed by atoms with van der Waals surface area (Å²) in [5.41, 5.74) is 0. The number of hydrogen-bond donors (Lipinski definition) is 2. The van der Waals surface area contributed by atoms with Crippen LogP contribution in [-0.2, 0) is 4.79 Å². The van der Waals surface area contributed by atoms with Gasteiger partial charge in [0.25, 0.3) is 0 Å². The van der Waals surface area contributed by atoms with Gasteiger partial charge in [0.05, 0.1) is 12.1 Å². The van der Waals surface area contributed by atoms with Crippen molar-refractivity contribution in [2.45, 2.75) is 49.9 Å². The lowest BCUT2D eigenvalue weighted by Gasteiger charge is -2.16. The van der Waals surface area contributed by atoms with E-state index in [0.29, 0.717) is 23.8 Å². The first-order valence-corrected chi connectivity index (χ1v) is 6.90. The summed E-state index contributed by atoms with van der Waals surface area (Å²) in [5, 5.41) is 6.43. The van der Waals surface area contributed by atoms with Crippen LogP contribution in [0.2, 0.25) is 0 Å². The number of carbonyl (C=O) groups is 2. The van der Waals surface area contributed by atoms with Gasteiger partial charge in [-0.1, -0.05) is 6.42 Å². The van der Waals surface area contributed by atoms with Crippen LogP contribution < -0.4 is 10.6 Å². The molecule has 90 valence electrons. The monoisotopic (exact) mass is 242 g/mol. The van der Waals surface area contributed by atoms with Crippen LogP contribution in [0, 0.1) is 0 Å². The molecule has 2 heterocycles. The fourth-order valence-electron chi connectivity index (χ4n) is 2.36. The minimum absolute atomic E-state index is 0.0240. The van der Waals surface area contributed by atoms with Crippen molar-refractivity contribution in [2.24, 2.45) is 0 Å². The number of fused-ring (bicyclic) bond motifs is 1. The highest BCUT2D eigenvalue weighted by Crippen LogP contribution is 2.33. The predicted octanol–water partition coefficient (Wildman–Crippen LogP) is 1.30. The molecule has 2 fully saturated rings. The average molecular weight is 242 g/mol. The van der Waals surface area contributed by atoms with E-state index in [-0.39, 0.29) is 11.8 Å². The van der Waals surface area contributed by atoms with E-state index in [9.17, 15) is 9.59 Å². The number of hydrogen-bond acceptors (Lipinski definition) is 3. The van der Waals surface area contributed by atoms with Crippen LogP contribution in [0.4, 0.5) is 4.79 Å². The fourth-order valence-corrected chi connectivity index (χ4v) is 3.91. The molecule has 3 atom stereocenters. The molecule has 4 nitrogen and oxygen atoms in total. The summed E-state index contributed by atoms with van der Waals surface area (Å²) < 4.78 is 0. The highest BCUT2D eigenvalue weighted by molar-refractivity contribution is 8.00. The largest absolute Gasteiger partial charge is 0.332 e. The van der Waals surface area contributed by atoms with Crippen molar-refractivity contribution < 1.29 is 9.59 Å². The van der Waals surface area contributed by atoms with Gasteiger partial charge in [-0.05, 0) is 19.8 Å². The second kappa shape index (κ2) is 5.08. The first kappa shape index (κ1) is 11.8. The molecule has 0 aromatic heterocycles. The summed E-state index contributed by atoms with van der Waals surface area (Å²) in [7, 11) is 0. The van der Waals surface area contributed by atoms with Crippen molar-refractivity contribution >= 4 is 23.6 Å². The lowest BCUT2D eigenvalue weighted by molar-refractivity contribution is -0.117.